The van der Waals surface area contributed by atoms with E-state index in [1.807, 2.05) is 0 Å². The first-order valence-corrected chi connectivity index (χ1v) is 9.81. The van der Waals surface area contributed by atoms with Gasteiger partial charge in [-0.05, 0) is 50.6 Å². The Balaban J connectivity index is 1.89. The van der Waals surface area contributed by atoms with Crippen LogP contribution in [0.3, 0.4) is 0 Å². The van der Waals surface area contributed by atoms with E-state index in [1.54, 1.807) is 49.4 Å². The molecule has 1 aliphatic heterocycles. The SMILES string of the molecule is CCOc1ccc(CN2C(=O)c3ccccc3C2=O)cc1C(=O)NC(C)(C)C(=O)OC. The first kappa shape index (κ1) is 22.0. The molecule has 0 unspecified atom stereocenters. The number of carbonyl (C=O) groups excluding carboxylic acids is 4. The van der Waals surface area contributed by atoms with Gasteiger partial charge in [0.15, 0.2) is 0 Å². The van der Waals surface area contributed by atoms with Crippen molar-refractivity contribution < 1.29 is 28.7 Å². The van der Waals surface area contributed by atoms with Crippen molar-refractivity contribution in [3.63, 3.8) is 0 Å². The topological polar surface area (TPSA) is 102 Å². The number of benzene rings is 2. The lowest BCUT2D eigenvalue weighted by Crippen LogP contribution is -2.50. The summed E-state index contributed by atoms with van der Waals surface area (Å²) < 4.78 is 10.3. The van der Waals surface area contributed by atoms with Crippen molar-refractivity contribution in [2.24, 2.45) is 0 Å². The quantitative estimate of drug-likeness (QED) is 0.541. The number of esters is 1. The molecule has 0 aliphatic carbocycles. The summed E-state index contributed by atoms with van der Waals surface area (Å²) in [5, 5.41) is 2.63. The molecule has 3 rings (SSSR count). The standard InChI is InChI=1S/C23H24N2O6/c1-5-31-18-11-10-14(12-17(18)19(26)24-23(2,3)22(29)30-4)13-25-20(27)15-8-6-7-9-16(15)21(25)28/h6-12H,5,13H2,1-4H3,(H,24,26). The van der Waals surface area contributed by atoms with E-state index < -0.39 is 17.4 Å². The lowest BCUT2D eigenvalue weighted by Gasteiger charge is -2.24. The molecule has 1 N–H and O–H groups in total. The number of imide groups is 1. The van der Waals surface area contributed by atoms with Crippen molar-refractivity contribution in [3.05, 3.63) is 64.7 Å². The number of rotatable bonds is 7. The van der Waals surface area contributed by atoms with E-state index in [0.29, 0.717) is 29.0 Å². The number of carbonyl (C=O) groups is 4. The van der Waals surface area contributed by atoms with Crippen molar-refractivity contribution in [3.8, 4) is 5.75 Å². The van der Waals surface area contributed by atoms with Crippen LogP contribution in [-0.2, 0) is 16.1 Å². The monoisotopic (exact) mass is 424 g/mol. The molecule has 31 heavy (non-hydrogen) atoms. The predicted octanol–water partition coefficient (Wildman–Crippen LogP) is 2.56. The first-order chi connectivity index (χ1) is 14.7. The maximum absolute atomic E-state index is 12.9. The number of nitrogens with zero attached hydrogens (tertiary/aromatic N) is 1. The molecule has 2 aromatic rings. The van der Waals surface area contributed by atoms with Gasteiger partial charge in [0.05, 0.1) is 37.0 Å². The summed E-state index contributed by atoms with van der Waals surface area (Å²) >= 11 is 0. The third-order valence-corrected chi connectivity index (χ3v) is 4.93. The first-order valence-electron chi connectivity index (χ1n) is 9.81. The Bertz CT molecular complexity index is 1020. The highest BCUT2D eigenvalue weighted by atomic mass is 16.5. The summed E-state index contributed by atoms with van der Waals surface area (Å²) in [6.45, 7) is 5.17. The molecular weight excluding hydrogens is 400 g/mol. The molecule has 0 spiro atoms. The number of hydrogen-bond donors (Lipinski definition) is 1. The van der Waals surface area contributed by atoms with Gasteiger partial charge in [0.1, 0.15) is 11.3 Å². The summed E-state index contributed by atoms with van der Waals surface area (Å²) in [5.41, 5.74) is 0.216. The van der Waals surface area contributed by atoms with Crippen molar-refractivity contribution in [1.82, 2.24) is 10.2 Å². The Kier molecular flexibility index (Phi) is 6.10. The highest BCUT2D eigenvalue weighted by Crippen LogP contribution is 2.27. The van der Waals surface area contributed by atoms with E-state index in [0.717, 1.165) is 4.90 Å². The number of nitrogens with one attached hydrogen (secondary N) is 1. The number of amides is 3. The molecule has 8 nitrogen and oxygen atoms in total. The summed E-state index contributed by atoms with van der Waals surface area (Å²) in [6, 6.07) is 11.5. The van der Waals surface area contributed by atoms with Crippen molar-refractivity contribution in [2.75, 3.05) is 13.7 Å². The van der Waals surface area contributed by atoms with E-state index >= 15 is 0 Å². The van der Waals surface area contributed by atoms with E-state index in [9.17, 15) is 19.2 Å². The average molecular weight is 424 g/mol. The minimum Gasteiger partial charge on any atom is -0.493 e. The van der Waals surface area contributed by atoms with Crippen LogP contribution < -0.4 is 10.1 Å². The summed E-state index contributed by atoms with van der Waals surface area (Å²) in [5.74, 6) is -1.57. The lowest BCUT2D eigenvalue weighted by molar-refractivity contribution is -0.146. The largest absolute Gasteiger partial charge is 0.493 e. The maximum Gasteiger partial charge on any atom is 0.330 e. The van der Waals surface area contributed by atoms with Gasteiger partial charge in [-0.25, -0.2) is 4.79 Å². The van der Waals surface area contributed by atoms with Gasteiger partial charge in [0.25, 0.3) is 17.7 Å². The third-order valence-electron chi connectivity index (χ3n) is 4.93. The highest BCUT2D eigenvalue weighted by molar-refractivity contribution is 6.21. The highest BCUT2D eigenvalue weighted by Gasteiger charge is 2.35. The second-order valence-electron chi connectivity index (χ2n) is 7.58. The Morgan fingerprint density at radius 3 is 2.19 bits per heavy atom. The molecule has 2 aromatic carbocycles. The zero-order chi connectivity index (χ0) is 22.8. The molecule has 162 valence electrons. The summed E-state index contributed by atoms with van der Waals surface area (Å²) in [4.78, 5) is 51.3. The smallest absolute Gasteiger partial charge is 0.330 e. The zero-order valence-corrected chi connectivity index (χ0v) is 17.9. The Morgan fingerprint density at radius 2 is 1.65 bits per heavy atom. The fraction of sp³-hybridized carbons (Fsp3) is 0.304. The van der Waals surface area contributed by atoms with Crippen molar-refractivity contribution in [1.29, 1.82) is 0 Å². The zero-order valence-electron chi connectivity index (χ0n) is 17.9. The molecule has 0 saturated heterocycles. The van der Waals surface area contributed by atoms with Crippen LogP contribution in [0, 0.1) is 0 Å². The minimum absolute atomic E-state index is 0.000569. The molecule has 0 radical (unpaired) electrons. The van der Waals surface area contributed by atoms with Crippen LogP contribution in [-0.4, -0.2) is 47.8 Å². The number of ether oxygens (including phenoxy) is 2. The van der Waals surface area contributed by atoms with Gasteiger partial charge in [-0.2, -0.15) is 0 Å². The minimum atomic E-state index is -1.26. The van der Waals surface area contributed by atoms with E-state index in [1.165, 1.54) is 21.0 Å². The molecule has 3 amide bonds. The van der Waals surface area contributed by atoms with Gasteiger partial charge >= 0.3 is 5.97 Å². The van der Waals surface area contributed by atoms with Crippen LogP contribution in [0.15, 0.2) is 42.5 Å². The average Bonchev–Trinajstić information content (AvgIpc) is 2.99. The van der Waals surface area contributed by atoms with Crippen LogP contribution in [0.2, 0.25) is 0 Å². The van der Waals surface area contributed by atoms with E-state index in [-0.39, 0.29) is 23.9 Å². The molecule has 0 atom stereocenters. The van der Waals surface area contributed by atoms with E-state index in [4.69, 9.17) is 9.47 Å². The third kappa shape index (κ3) is 4.28. The molecule has 0 saturated carbocycles. The van der Waals surface area contributed by atoms with Crippen LogP contribution in [0.25, 0.3) is 0 Å². The molecule has 0 fully saturated rings. The molecular formula is C23H24N2O6. The maximum atomic E-state index is 12.9. The van der Waals surface area contributed by atoms with Gasteiger partial charge < -0.3 is 14.8 Å². The van der Waals surface area contributed by atoms with Crippen LogP contribution >= 0.6 is 0 Å². The Morgan fingerprint density at radius 1 is 1.03 bits per heavy atom. The summed E-state index contributed by atoms with van der Waals surface area (Å²) in [7, 11) is 1.24. The Labute approximate surface area is 180 Å². The fourth-order valence-electron chi connectivity index (χ4n) is 3.36. The van der Waals surface area contributed by atoms with Gasteiger partial charge in [-0.1, -0.05) is 18.2 Å². The Hall–Kier alpha value is -3.68. The number of methoxy groups -OCH3 is 1. The lowest BCUT2D eigenvalue weighted by atomic mass is 10.0. The molecule has 1 aliphatic rings. The second-order valence-corrected chi connectivity index (χ2v) is 7.58. The molecule has 8 heteroatoms. The second kappa shape index (κ2) is 8.59. The molecule has 1 heterocycles. The van der Waals surface area contributed by atoms with Crippen LogP contribution in [0.4, 0.5) is 0 Å². The predicted molar refractivity (Wildman–Crippen MR) is 112 cm³/mol. The normalized spacial score (nSPS) is 13.1. The van der Waals surface area contributed by atoms with Gasteiger partial charge in [-0.15, -0.1) is 0 Å². The number of hydrogen-bond acceptors (Lipinski definition) is 6. The fourth-order valence-corrected chi connectivity index (χ4v) is 3.36. The van der Waals surface area contributed by atoms with Gasteiger partial charge in [-0.3, -0.25) is 19.3 Å². The van der Waals surface area contributed by atoms with Gasteiger partial charge in [0, 0.05) is 0 Å². The number of fused-ring (bicyclic) bond motifs is 1. The van der Waals surface area contributed by atoms with Crippen LogP contribution in [0.1, 0.15) is 57.4 Å². The molecule has 0 aromatic heterocycles. The van der Waals surface area contributed by atoms with E-state index in [2.05, 4.69) is 5.32 Å². The van der Waals surface area contributed by atoms with Crippen molar-refractivity contribution >= 4 is 23.7 Å². The van der Waals surface area contributed by atoms with Crippen LogP contribution in [0.5, 0.6) is 5.75 Å². The summed E-state index contributed by atoms with van der Waals surface area (Å²) in [6.07, 6.45) is 0. The molecule has 0 bridgehead atoms. The van der Waals surface area contributed by atoms with Gasteiger partial charge in [0.2, 0.25) is 0 Å². The van der Waals surface area contributed by atoms with Crippen molar-refractivity contribution in [2.45, 2.75) is 32.9 Å².